The first kappa shape index (κ1) is 21.7. The molecule has 1 heterocycles. The van der Waals surface area contributed by atoms with Gasteiger partial charge in [-0.1, -0.05) is 18.2 Å². The monoisotopic (exact) mass is 473 g/mol. The van der Waals surface area contributed by atoms with Gasteiger partial charge >= 0.3 is 0 Å². The van der Waals surface area contributed by atoms with Crippen LogP contribution < -0.4 is 15.5 Å². The van der Waals surface area contributed by atoms with Crippen LogP contribution in [0, 0.1) is 6.92 Å². The van der Waals surface area contributed by atoms with Crippen LogP contribution in [-0.4, -0.2) is 37.6 Å². The molecule has 0 saturated carbocycles. The number of halogens is 1. The predicted molar refractivity (Wildman–Crippen MR) is 119 cm³/mol. The molecule has 0 radical (unpaired) electrons. The summed E-state index contributed by atoms with van der Waals surface area (Å²) in [6.45, 7) is 7.93. The van der Waals surface area contributed by atoms with Crippen LogP contribution in [0.3, 0.4) is 0 Å². The SMILES string of the molecule is CCN(CCCNC(=NC)NCc1scnc1C)c1ccccc1.I. The van der Waals surface area contributed by atoms with Gasteiger partial charge in [0.1, 0.15) is 0 Å². The first-order chi connectivity index (χ1) is 11.7. The number of para-hydroxylation sites is 1. The van der Waals surface area contributed by atoms with Crippen LogP contribution in [0.5, 0.6) is 0 Å². The Bertz CT molecular complexity index is 629. The van der Waals surface area contributed by atoms with E-state index in [-0.39, 0.29) is 24.0 Å². The lowest BCUT2D eigenvalue weighted by atomic mass is 10.2. The summed E-state index contributed by atoms with van der Waals surface area (Å²) in [5.74, 6) is 0.838. The van der Waals surface area contributed by atoms with E-state index in [0.717, 1.165) is 44.3 Å². The second-order valence-electron chi connectivity index (χ2n) is 5.48. The van der Waals surface area contributed by atoms with Crippen molar-refractivity contribution in [1.29, 1.82) is 0 Å². The largest absolute Gasteiger partial charge is 0.372 e. The topological polar surface area (TPSA) is 52.5 Å². The van der Waals surface area contributed by atoms with Crippen molar-refractivity contribution in [2.75, 3.05) is 31.6 Å². The van der Waals surface area contributed by atoms with Crippen LogP contribution in [-0.2, 0) is 6.54 Å². The molecule has 0 unspecified atom stereocenters. The van der Waals surface area contributed by atoms with Gasteiger partial charge in [0, 0.05) is 37.2 Å². The molecule has 2 rings (SSSR count). The molecule has 1 aromatic heterocycles. The van der Waals surface area contributed by atoms with Gasteiger partial charge in [-0.15, -0.1) is 35.3 Å². The summed E-state index contributed by atoms with van der Waals surface area (Å²) in [6, 6.07) is 10.6. The smallest absolute Gasteiger partial charge is 0.191 e. The molecule has 7 heteroatoms. The fourth-order valence-corrected chi connectivity index (χ4v) is 3.18. The molecule has 0 saturated heterocycles. The minimum absolute atomic E-state index is 0. The first-order valence-electron chi connectivity index (χ1n) is 8.38. The van der Waals surface area contributed by atoms with Gasteiger partial charge in [0.2, 0.25) is 0 Å². The molecule has 5 nitrogen and oxygen atoms in total. The highest BCUT2D eigenvalue weighted by molar-refractivity contribution is 14.0. The maximum atomic E-state index is 4.28. The second-order valence-corrected chi connectivity index (χ2v) is 6.42. The van der Waals surface area contributed by atoms with Gasteiger partial charge in [-0.05, 0) is 32.4 Å². The molecule has 2 aromatic rings. The molecular formula is C18H28IN5S. The highest BCUT2D eigenvalue weighted by Crippen LogP contribution is 2.13. The summed E-state index contributed by atoms with van der Waals surface area (Å²) < 4.78 is 0. The fraction of sp³-hybridized carbons (Fsp3) is 0.444. The molecule has 0 aliphatic heterocycles. The molecule has 0 amide bonds. The van der Waals surface area contributed by atoms with Crippen molar-refractivity contribution >= 4 is 47.0 Å². The molecule has 25 heavy (non-hydrogen) atoms. The number of aryl methyl sites for hydroxylation is 1. The van der Waals surface area contributed by atoms with Crippen molar-refractivity contribution in [3.05, 3.63) is 46.4 Å². The number of nitrogens with zero attached hydrogens (tertiary/aromatic N) is 3. The number of benzene rings is 1. The Morgan fingerprint density at radius 1 is 1.24 bits per heavy atom. The van der Waals surface area contributed by atoms with Gasteiger partial charge in [-0.3, -0.25) is 4.99 Å². The van der Waals surface area contributed by atoms with Crippen LogP contribution in [0.25, 0.3) is 0 Å². The van der Waals surface area contributed by atoms with Crippen LogP contribution in [0.15, 0.2) is 40.8 Å². The van der Waals surface area contributed by atoms with Crippen molar-refractivity contribution < 1.29 is 0 Å². The zero-order valence-corrected chi connectivity index (χ0v) is 18.3. The maximum Gasteiger partial charge on any atom is 0.191 e. The predicted octanol–water partition coefficient (Wildman–Crippen LogP) is 3.65. The zero-order valence-electron chi connectivity index (χ0n) is 15.2. The van der Waals surface area contributed by atoms with E-state index in [0.29, 0.717) is 0 Å². The minimum Gasteiger partial charge on any atom is -0.372 e. The van der Waals surface area contributed by atoms with E-state index in [1.54, 1.807) is 18.4 Å². The minimum atomic E-state index is 0. The number of hydrogen-bond donors (Lipinski definition) is 2. The Morgan fingerprint density at radius 2 is 2.00 bits per heavy atom. The normalized spacial score (nSPS) is 10.9. The number of guanidine groups is 1. The molecule has 0 spiro atoms. The van der Waals surface area contributed by atoms with Crippen LogP contribution >= 0.6 is 35.3 Å². The quantitative estimate of drug-likeness (QED) is 0.266. The third-order valence-corrected chi connectivity index (χ3v) is 4.82. The average Bonchev–Trinajstić information content (AvgIpc) is 3.03. The number of rotatable bonds is 8. The van der Waals surface area contributed by atoms with Gasteiger partial charge in [0.15, 0.2) is 5.96 Å². The van der Waals surface area contributed by atoms with E-state index in [2.05, 4.69) is 62.8 Å². The maximum absolute atomic E-state index is 4.28. The third kappa shape index (κ3) is 7.19. The molecule has 0 aliphatic rings. The van der Waals surface area contributed by atoms with Gasteiger partial charge in [-0.2, -0.15) is 0 Å². The van der Waals surface area contributed by atoms with E-state index >= 15 is 0 Å². The summed E-state index contributed by atoms with van der Waals surface area (Å²) in [4.78, 5) is 12.2. The fourth-order valence-electron chi connectivity index (χ4n) is 2.47. The van der Waals surface area contributed by atoms with Crippen LogP contribution in [0.2, 0.25) is 0 Å². The molecule has 0 bridgehead atoms. The van der Waals surface area contributed by atoms with Crippen molar-refractivity contribution in [2.45, 2.75) is 26.8 Å². The molecule has 0 atom stereocenters. The standard InChI is InChI=1S/C18H27N5S.HI/c1-4-23(16-9-6-5-7-10-16)12-8-11-20-18(19-3)21-13-17-15(2)22-14-24-17;/h5-7,9-10,14H,4,8,11-13H2,1-3H3,(H2,19,20,21);1H. The van der Waals surface area contributed by atoms with Gasteiger partial charge in [0.05, 0.1) is 17.7 Å². The lowest BCUT2D eigenvalue weighted by Crippen LogP contribution is -2.38. The molecule has 1 aromatic carbocycles. The zero-order chi connectivity index (χ0) is 17.2. The van der Waals surface area contributed by atoms with Crippen molar-refractivity contribution in [2.24, 2.45) is 4.99 Å². The molecule has 138 valence electrons. The summed E-state index contributed by atoms with van der Waals surface area (Å²) >= 11 is 1.67. The average molecular weight is 473 g/mol. The van der Waals surface area contributed by atoms with Crippen molar-refractivity contribution in [3.63, 3.8) is 0 Å². The van der Waals surface area contributed by atoms with E-state index in [4.69, 9.17) is 0 Å². The molecule has 0 aliphatic carbocycles. The molecule has 2 N–H and O–H groups in total. The Kier molecular flexibility index (Phi) is 10.5. The summed E-state index contributed by atoms with van der Waals surface area (Å²) in [5.41, 5.74) is 4.25. The highest BCUT2D eigenvalue weighted by Gasteiger charge is 2.05. The Labute approximate surface area is 172 Å². The number of thiazole rings is 1. The Balaban J connectivity index is 0.00000312. The Morgan fingerprint density at radius 3 is 2.60 bits per heavy atom. The lowest BCUT2D eigenvalue weighted by Gasteiger charge is -2.23. The number of aromatic nitrogens is 1. The summed E-state index contributed by atoms with van der Waals surface area (Å²) in [5, 5.41) is 6.72. The first-order valence-corrected chi connectivity index (χ1v) is 9.26. The van der Waals surface area contributed by atoms with Crippen LogP contribution in [0.1, 0.15) is 23.9 Å². The molecule has 0 fully saturated rings. The van der Waals surface area contributed by atoms with Gasteiger partial charge in [0.25, 0.3) is 0 Å². The van der Waals surface area contributed by atoms with E-state index in [9.17, 15) is 0 Å². The highest BCUT2D eigenvalue weighted by atomic mass is 127. The molecular weight excluding hydrogens is 445 g/mol. The van der Waals surface area contributed by atoms with E-state index in [1.807, 2.05) is 12.4 Å². The van der Waals surface area contributed by atoms with Gasteiger partial charge < -0.3 is 15.5 Å². The lowest BCUT2D eigenvalue weighted by molar-refractivity contribution is 0.709. The number of hydrogen-bond acceptors (Lipinski definition) is 4. The van der Waals surface area contributed by atoms with Crippen LogP contribution in [0.4, 0.5) is 5.69 Å². The van der Waals surface area contributed by atoms with E-state index < -0.39 is 0 Å². The van der Waals surface area contributed by atoms with Gasteiger partial charge in [-0.25, -0.2) is 4.98 Å². The second kappa shape index (κ2) is 12.1. The summed E-state index contributed by atoms with van der Waals surface area (Å²) in [7, 11) is 1.80. The Hall–Kier alpha value is -1.35. The van der Waals surface area contributed by atoms with Crippen molar-refractivity contribution in [1.82, 2.24) is 15.6 Å². The number of nitrogens with one attached hydrogen (secondary N) is 2. The van der Waals surface area contributed by atoms with Crippen molar-refractivity contribution in [3.8, 4) is 0 Å². The summed E-state index contributed by atoms with van der Waals surface area (Å²) in [6.07, 6.45) is 1.06. The van der Waals surface area contributed by atoms with E-state index in [1.165, 1.54) is 10.6 Å². The third-order valence-electron chi connectivity index (χ3n) is 3.89. The number of anilines is 1. The number of aliphatic imine (C=N–C) groups is 1.